The molecule has 0 bridgehead atoms. The summed E-state index contributed by atoms with van der Waals surface area (Å²) in [4.78, 5) is 19.7. The van der Waals surface area contributed by atoms with E-state index in [-0.39, 0.29) is 23.8 Å². The van der Waals surface area contributed by atoms with E-state index in [4.69, 9.17) is 9.84 Å². The quantitative estimate of drug-likeness (QED) is 0.449. The SMILES string of the molecule is CCN1CCN(c2c(CN(CCOC)C(=O)c3cccc(F)c3)c(C)nn2-c2cccc(F)c2)CC1. The Kier molecular flexibility index (Phi) is 8.32. The fourth-order valence-corrected chi connectivity index (χ4v) is 4.57. The molecule has 1 saturated heterocycles. The molecule has 1 fully saturated rings. The molecule has 0 spiro atoms. The van der Waals surface area contributed by atoms with Crippen LogP contribution in [0.15, 0.2) is 48.5 Å². The maximum absolute atomic E-state index is 14.1. The van der Waals surface area contributed by atoms with Gasteiger partial charge in [-0.1, -0.05) is 19.1 Å². The van der Waals surface area contributed by atoms with E-state index in [1.54, 1.807) is 28.8 Å². The van der Waals surface area contributed by atoms with Crippen LogP contribution in [0.25, 0.3) is 5.69 Å². The van der Waals surface area contributed by atoms with Crippen molar-refractivity contribution in [1.29, 1.82) is 0 Å². The Hall–Kier alpha value is -3.30. The Labute approximate surface area is 210 Å². The average Bonchev–Trinajstić information content (AvgIpc) is 3.21. The van der Waals surface area contributed by atoms with Gasteiger partial charge in [-0.15, -0.1) is 0 Å². The zero-order valence-corrected chi connectivity index (χ0v) is 21.1. The van der Waals surface area contributed by atoms with Gasteiger partial charge in [-0.3, -0.25) is 4.79 Å². The molecule has 0 saturated carbocycles. The van der Waals surface area contributed by atoms with Crippen molar-refractivity contribution in [3.8, 4) is 5.69 Å². The summed E-state index contributed by atoms with van der Waals surface area (Å²) >= 11 is 0. The molecule has 0 radical (unpaired) electrons. The molecule has 0 aliphatic carbocycles. The second-order valence-corrected chi connectivity index (χ2v) is 8.93. The van der Waals surface area contributed by atoms with E-state index in [0.717, 1.165) is 49.8 Å². The summed E-state index contributed by atoms with van der Waals surface area (Å²) in [6, 6.07) is 12.1. The van der Waals surface area contributed by atoms with E-state index in [2.05, 4.69) is 16.7 Å². The Balaban J connectivity index is 1.74. The minimum Gasteiger partial charge on any atom is -0.383 e. The largest absolute Gasteiger partial charge is 0.383 e. The highest BCUT2D eigenvalue weighted by atomic mass is 19.1. The number of rotatable bonds is 9. The third-order valence-electron chi connectivity index (χ3n) is 6.60. The smallest absolute Gasteiger partial charge is 0.254 e. The van der Waals surface area contributed by atoms with Crippen LogP contribution in [-0.4, -0.2) is 78.5 Å². The monoisotopic (exact) mass is 497 g/mol. The predicted octanol–water partition coefficient (Wildman–Crippen LogP) is 3.89. The number of hydrogen-bond donors (Lipinski definition) is 0. The van der Waals surface area contributed by atoms with Crippen molar-refractivity contribution in [3.05, 3.63) is 77.0 Å². The van der Waals surface area contributed by atoms with Gasteiger partial charge in [-0.05, 0) is 49.9 Å². The molecule has 0 unspecified atom stereocenters. The molecule has 2 heterocycles. The topological polar surface area (TPSA) is 53.8 Å². The van der Waals surface area contributed by atoms with Crippen molar-refractivity contribution in [2.24, 2.45) is 0 Å². The number of aryl methyl sites for hydroxylation is 1. The van der Waals surface area contributed by atoms with Gasteiger partial charge < -0.3 is 19.4 Å². The predicted molar refractivity (Wildman–Crippen MR) is 136 cm³/mol. The number of likely N-dealkylation sites (N-methyl/N-ethyl adjacent to an activating group) is 1. The fourth-order valence-electron chi connectivity index (χ4n) is 4.57. The third-order valence-corrected chi connectivity index (χ3v) is 6.60. The minimum atomic E-state index is -0.461. The number of anilines is 1. The van der Waals surface area contributed by atoms with Gasteiger partial charge in [0.2, 0.25) is 0 Å². The average molecular weight is 498 g/mol. The van der Waals surface area contributed by atoms with Gasteiger partial charge >= 0.3 is 0 Å². The van der Waals surface area contributed by atoms with E-state index in [1.165, 1.54) is 30.3 Å². The molecule has 1 aliphatic rings. The van der Waals surface area contributed by atoms with Crippen LogP contribution in [0.5, 0.6) is 0 Å². The number of halogens is 2. The number of methoxy groups -OCH3 is 1. The van der Waals surface area contributed by atoms with Crippen LogP contribution in [0.1, 0.15) is 28.5 Å². The van der Waals surface area contributed by atoms with Crippen LogP contribution in [0.3, 0.4) is 0 Å². The molecule has 0 atom stereocenters. The van der Waals surface area contributed by atoms with Gasteiger partial charge in [-0.25, -0.2) is 13.5 Å². The molecule has 1 aromatic heterocycles. The summed E-state index contributed by atoms with van der Waals surface area (Å²) < 4.78 is 35.1. The number of piperazine rings is 1. The first-order valence-corrected chi connectivity index (χ1v) is 12.3. The van der Waals surface area contributed by atoms with Gasteiger partial charge in [0.25, 0.3) is 5.91 Å². The van der Waals surface area contributed by atoms with Gasteiger partial charge in [-0.2, -0.15) is 5.10 Å². The first kappa shape index (κ1) is 25.8. The number of aromatic nitrogens is 2. The van der Waals surface area contributed by atoms with Crippen molar-refractivity contribution in [3.63, 3.8) is 0 Å². The maximum Gasteiger partial charge on any atom is 0.254 e. The zero-order valence-electron chi connectivity index (χ0n) is 21.1. The molecule has 9 heteroatoms. The summed E-state index contributed by atoms with van der Waals surface area (Å²) in [6.45, 7) is 9.35. The molecule has 0 N–H and O–H groups in total. The maximum atomic E-state index is 14.1. The van der Waals surface area contributed by atoms with Crippen LogP contribution >= 0.6 is 0 Å². The number of hydrogen-bond acceptors (Lipinski definition) is 5. The van der Waals surface area contributed by atoms with E-state index >= 15 is 0 Å². The molecular formula is C27H33F2N5O2. The second kappa shape index (κ2) is 11.6. The van der Waals surface area contributed by atoms with Crippen molar-refractivity contribution >= 4 is 11.7 Å². The lowest BCUT2D eigenvalue weighted by molar-refractivity contribution is 0.0680. The number of carbonyl (C=O) groups excluding carboxylic acids is 1. The van der Waals surface area contributed by atoms with Crippen LogP contribution in [-0.2, 0) is 11.3 Å². The van der Waals surface area contributed by atoms with E-state index < -0.39 is 5.82 Å². The van der Waals surface area contributed by atoms with Crippen LogP contribution in [0.4, 0.5) is 14.6 Å². The van der Waals surface area contributed by atoms with E-state index in [9.17, 15) is 13.6 Å². The van der Waals surface area contributed by atoms with Gasteiger partial charge in [0.1, 0.15) is 17.5 Å². The number of amides is 1. The van der Waals surface area contributed by atoms with Crippen LogP contribution < -0.4 is 4.90 Å². The Morgan fingerprint density at radius 1 is 1.06 bits per heavy atom. The normalized spacial score (nSPS) is 14.3. The number of carbonyl (C=O) groups is 1. The summed E-state index contributed by atoms with van der Waals surface area (Å²) in [7, 11) is 1.58. The number of ether oxygens (including phenoxy) is 1. The van der Waals surface area contributed by atoms with Crippen molar-refractivity contribution in [1.82, 2.24) is 19.6 Å². The zero-order chi connectivity index (χ0) is 25.7. The molecule has 4 rings (SSSR count). The highest BCUT2D eigenvalue weighted by molar-refractivity contribution is 5.94. The van der Waals surface area contributed by atoms with Crippen molar-refractivity contribution in [2.75, 3.05) is 57.9 Å². The summed E-state index contributed by atoms with van der Waals surface area (Å²) in [5.41, 5.74) is 2.53. The Morgan fingerprint density at radius 3 is 2.39 bits per heavy atom. The molecule has 36 heavy (non-hydrogen) atoms. The van der Waals surface area contributed by atoms with Gasteiger partial charge in [0, 0.05) is 51.0 Å². The lowest BCUT2D eigenvalue weighted by Crippen LogP contribution is -2.47. The lowest BCUT2D eigenvalue weighted by atomic mass is 10.1. The Morgan fingerprint density at radius 2 is 1.75 bits per heavy atom. The number of nitrogens with zero attached hydrogens (tertiary/aromatic N) is 5. The third kappa shape index (κ3) is 5.74. The summed E-state index contributed by atoms with van der Waals surface area (Å²) in [5, 5.41) is 4.78. The first-order chi connectivity index (χ1) is 17.4. The molecule has 7 nitrogen and oxygen atoms in total. The van der Waals surface area contributed by atoms with Crippen molar-refractivity contribution in [2.45, 2.75) is 20.4 Å². The highest BCUT2D eigenvalue weighted by Gasteiger charge is 2.28. The van der Waals surface area contributed by atoms with E-state index in [1.807, 2.05) is 13.0 Å². The van der Waals surface area contributed by atoms with Gasteiger partial charge in [0.05, 0.1) is 24.5 Å². The fraction of sp³-hybridized carbons (Fsp3) is 0.407. The second-order valence-electron chi connectivity index (χ2n) is 8.93. The van der Waals surface area contributed by atoms with Crippen LogP contribution in [0.2, 0.25) is 0 Å². The molecule has 192 valence electrons. The molecule has 1 aliphatic heterocycles. The Bertz CT molecular complexity index is 1190. The van der Waals surface area contributed by atoms with Gasteiger partial charge in [0.15, 0.2) is 0 Å². The van der Waals surface area contributed by atoms with E-state index in [0.29, 0.717) is 18.8 Å². The molecule has 3 aromatic rings. The molecular weight excluding hydrogens is 464 g/mol. The summed E-state index contributed by atoms with van der Waals surface area (Å²) in [5.74, 6) is -0.237. The molecule has 2 aromatic carbocycles. The lowest BCUT2D eigenvalue weighted by Gasteiger charge is -2.36. The van der Waals surface area contributed by atoms with Crippen molar-refractivity contribution < 1.29 is 18.3 Å². The standard InChI is InChI=1S/C27H33F2N5O2/c1-4-31-11-13-32(14-12-31)26-25(20(2)30-34(26)24-10-6-9-23(29)18-24)19-33(15-16-36-3)27(35)21-7-5-8-22(28)17-21/h5-10,17-18H,4,11-16,19H2,1-3H3. The highest BCUT2D eigenvalue weighted by Crippen LogP contribution is 2.30. The summed E-state index contributed by atoms with van der Waals surface area (Å²) in [6.07, 6.45) is 0. The minimum absolute atomic E-state index is 0.267. The first-order valence-electron chi connectivity index (χ1n) is 12.3. The van der Waals surface area contributed by atoms with Crippen LogP contribution in [0, 0.1) is 18.6 Å². The number of benzene rings is 2. The molecule has 1 amide bonds.